The smallest absolute Gasteiger partial charge is 0.343 e. The van der Waals surface area contributed by atoms with Gasteiger partial charge >= 0.3 is 5.69 Å². The Balaban J connectivity index is 1.88. The van der Waals surface area contributed by atoms with Gasteiger partial charge < -0.3 is 10.1 Å². The van der Waals surface area contributed by atoms with Gasteiger partial charge in [-0.3, -0.25) is 9.36 Å². The topological polar surface area (TPSA) is 89.0 Å². The van der Waals surface area contributed by atoms with E-state index in [4.69, 9.17) is 4.74 Å². The molecule has 2 N–H and O–H groups in total. The third-order valence-corrected chi connectivity index (χ3v) is 4.41. The van der Waals surface area contributed by atoms with E-state index in [0.717, 1.165) is 12.1 Å². The molecule has 24 heavy (non-hydrogen) atoms. The minimum absolute atomic E-state index is 0.136. The average molecular weight is 350 g/mol. The number of H-pyrrole nitrogens is 1. The van der Waals surface area contributed by atoms with Crippen LogP contribution in [0.1, 0.15) is 18.9 Å². The van der Waals surface area contributed by atoms with E-state index in [-0.39, 0.29) is 17.3 Å². The highest BCUT2D eigenvalue weighted by molar-refractivity contribution is 7.99. The van der Waals surface area contributed by atoms with E-state index in [1.54, 1.807) is 7.11 Å². The lowest BCUT2D eigenvalue weighted by Gasteiger charge is -2.07. The zero-order valence-corrected chi connectivity index (χ0v) is 14.7. The summed E-state index contributed by atoms with van der Waals surface area (Å²) in [6, 6.07) is 7.75. The molecule has 1 heterocycles. The van der Waals surface area contributed by atoms with Gasteiger partial charge in [-0.15, -0.1) is 5.10 Å². The Kier molecular flexibility index (Phi) is 7.07. The number of amides is 1. The number of hydrogen-bond donors (Lipinski definition) is 2. The van der Waals surface area contributed by atoms with Crippen LogP contribution in [0, 0.1) is 0 Å². The second-order valence-electron chi connectivity index (χ2n) is 5.20. The Morgan fingerprint density at radius 3 is 2.79 bits per heavy atom. The fourth-order valence-electron chi connectivity index (χ4n) is 2.13. The van der Waals surface area contributed by atoms with E-state index in [9.17, 15) is 9.59 Å². The van der Waals surface area contributed by atoms with Crippen molar-refractivity contribution in [2.45, 2.75) is 31.5 Å². The minimum Gasteiger partial charge on any atom is -0.385 e. The van der Waals surface area contributed by atoms with Gasteiger partial charge in [0, 0.05) is 25.9 Å². The number of nitrogens with one attached hydrogen (secondary N) is 2. The molecule has 2 aromatic rings. The molecule has 1 amide bonds. The number of nitrogens with zero attached hydrogens (tertiary/aromatic N) is 2. The normalized spacial score (nSPS) is 10.8. The summed E-state index contributed by atoms with van der Waals surface area (Å²) in [7, 11) is 1.62. The minimum atomic E-state index is -0.274. The zero-order chi connectivity index (χ0) is 17.4. The van der Waals surface area contributed by atoms with Crippen LogP contribution in [0.3, 0.4) is 0 Å². The average Bonchev–Trinajstić information content (AvgIpc) is 2.94. The van der Waals surface area contributed by atoms with Crippen molar-refractivity contribution < 1.29 is 9.53 Å². The molecule has 1 aromatic carbocycles. The van der Waals surface area contributed by atoms with Gasteiger partial charge in [0.2, 0.25) is 5.91 Å². The fourth-order valence-corrected chi connectivity index (χ4v) is 2.90. The Morgan fingerprint density at radius 1 is 1.38 bits per heavy atom. The highest BCUT2D eigenvalue weighted by Gasteiger charge is 2.11. The number of benzene rings is 1. The molecule has 0 saturated carbocycles. The number of hydrogen-bond acceptors (Lipinski definition) is 5. The lowest BCUT2D eigenvalue weighted by Crippen LogP contribution is -2.19. The molecule has 0 aliphatic rings. The summed E-state index contributed by atoms with van der Waals surface area (Å²) in [4.78, 5) is 23.8. The van der Waals surface area contributed by atoms with Crippen molar-refractivity contribution in [3.63, 3.8) is 0 Å². The summed E-state index contributed by atoms with van der Waals surface area (Å²) >= 11 is 1.23. The summed E-state index contributed by atoms with van der Waals surface area (Å²) in [6.45, 7) is 3.15. The number of rotatable bonds is 9. The number of thioether (sulfide) groups is 1. The number of carbonyl (C=O) groups excluding carboxylic acids is 1. The molecular weight excluding hydrogens is 328 g/mol. The monoisotopic (exact) mass is 350 g/mol. The number of carbonyl (C=O) groups is 1. The van der Waals surface area contributed by atoms with E-state index >= 15 is 0 Å². The maximum Gasteiger partial charge on any atom is 0.343 e. The van der Waals surface area contributed by atoms with Crippen LogP contribution >= 0.6 is 11.8 Å². The van der Waals surface area contributed by atoms with Crippen molar-refractivity contribution in [3.8, 4) is 0 Å². The van der Waals surface area contributed by atoms with Crippen LogP contribution in [0.2, 0.25) is 0 Å². The molecule has 0 aliphatic heterocycles. The largest absolute Gasteiger partial charge is 0.385 e. The van der Waals surface area contributed by atoms with E-state index in [1.807, 2.05) is 24.3 Å². The summed E-state index contributed by atoms with van der Waals surface area (Å²) in [5.74, 6) is 0.0486. The van der Waals surface area contributed by atoms with Gasteiger partial charge in [0.1, 0.15) is 0 Å². The van der Waals surface area contributed by atoms with Crippen LogP contribution in [-0.4, -0.2) is 40.1 Å². The van der Waals surface area contributed by atoms with Crippen LogP contribution in [0.5, 0.6) is 0 Å². The summed E-state index contributed by atoms with van der Waals surface area (Å²) < 4.78 is 6.50. The molecule has 7 nitrogen and oxygen atoms in total. The molecule has 0 saturated heterocycles. The number of aromatic nitrogens is 3. The molecule has 0 fully saturated rings. The summed E-state index contributed by atoms with van der Waals surface area (Å²) in [5.41, 5.74) is 1.71. The van der Waals surface area contributed by atoms with Crippen molar-refractivity contribution in [2.24, 2.45) is 0 Å². The molecule has 8 heteroatoms. The Labute approximate surface area is 144 Å². The van der Waals surface area contributed by atoms with Crippen LogP contribution in [0.4, 0.5) is 5.69 Å². The van der Waals surface area contributed by atoms with Gasteiger partial charge in [0.05, 0.1) is 5.75 Å². The van der Waals surface area contributed by atoms with Gasteiger partial charge in [-0.1, -0.05) is 30.8 Å². The van der Waals surface area contributed by atoms with Crippen LogP contribution < -0.4 is 11.0 Å². The highest BCUT2D eigenvalue weighted by Crippen LogP contribution is 2.15. The molecule has 0 atom stereocenters. The van der Waals surface area contributed by atoms with Gasteiger partial charge in [-0.2, -0.15) is 0 Å². The van der Waals surface area contributed by atoms with Crippen LogP contribution in [-0.2, 0) is 22.5 Å². The SMILES string of the molecule is CCc1ccc(NC(=O)CSc2n[nH]c(=O)n2CCCOC)cc1. The quantitative estimate of drug-likeness (QED) is 0.533. The first kappa shape index (κ1) is 18.3. The van der Waals surface area contributed by atoms with Crippen molar-refractivity contribution in [1.29, 1.82) is 0 Å². The van der Waals surface area contributed by atoms with Crippen molar-refractivity contribution >= 4 is 23.4 Å². The third-order valence-electron chi connectivity index (χ3n) is 3.43. The third kappa shape index (κ3) is 5.24. The molecule has 2 rings (SSSR count). The van der Waals surface area contributed by atoms with E-state index < -0.39 is 0 Å². The van der Waals surface area contributed by atoms with Crippen molar-refractivity contribution in [1.82, 2.24) is 14.8 Å². The lowest BCUT2D eigenvalue weighted by molar-refractivity contribution is -0.113. The maximum atomic E-state index is 12.0. The van der Waals surface area contributed by atoms with Crippen molar-refractivity contribution in [2.75, 3.05) is 24.8 Å². The van der Waals surface area contributed by atoms with E-state index in [0.29, 0.717) is 24.7 Å². The fraction of sp³-hybridized carbons (Fsp3) is 0.438. The summed E-state index contributed by atoms with van der Waals surface area (Å²) in [5, 5.41) is 9.72. The number of ether oxygens (including phenoxy) is 1. The van der Waals surface area contributed by atoms with Crippen LogP contribution in [0.25, 0.3) is 0 Å². The van der Waals surface area contributed by atoms with E-state index in [1.165, 1.54) is 21.9 Å². The second kappa shape index (κ2) is 9.29. The van der Waals surface area contributed by atoms with Gasteiger partial charge in [-0.25, -0.2) is 9.89 Å². The Morgan fingerprint density at radius 2 is 2.12 bits per heavy atom. The Bertz CT molecular complexity index is 709. The molecular formula is C16H22N4O3S. The number of aromatic amines is 1. The molecule has 0 unspecified atom stereocenters. The maximum absolute atomic E-state index is 12.0. The second-order valence-corrected chi connectivity index (χ2v) is 6.14. The number of aryl methyl sites for hydroxylation is 1. The van der Waals surface area contributed by atoms with Crippen LogP contribution in [0.15, 0.2) is 34.2 Å². The van der Waals surface area contributed by atoms with Gasteiger partial charge in [0.15, 0.2) is 5.16 Å². The molecule has 130 valence electrons. The predicted octanol–water partition coefficient (Wildman–Crippen LogP) is 1.90. The lowest BCUT2D eigenvalue weighted by atomic mass is 10.1. The van der Waals surface area contributed by atoms with E-state index in [2.05, 4.69) is 22.4 Å². The first-order valence-electron chi connectivity index (χ1n) is 7.79. The van der Waals surface area contributed by atoms with Crippen molar-refractivity contribution in [3.05, 3.63) is 40.3 Å². The van der Waals surface area contributed by atoms with Gasteiger partial charge in [0.25, 0.3) is 0 Å². The Hall–Kier alpha value is -2.06. The first-order valence-corrected chi connectivity index (χ1v) is 8.78. The standard InChI is InChI=1S/C16H22N4O3S/c1-3-12-5-7-13(8-6-12)17-14(21)11-24-16-19-18-15(22)20(16)9-4-10-23-2/h5-8H,3-4,9-11H2,1-2H3,(H,17,21)(H,18,22). The molecule has 0 spiro atoms. The number of anilines is 1. The molecule has 0 aliphatic carbocycles. The predicted molar refractivity (Wildman–Crippen MR) is 94.5 cm³/mol. The first-order chi connectivity index (χ1) is 11.6. The molecule has 0 radical (unpaired) electrons. The van der Waals surface area contributed by atoms with Gasteiger partial charge in [-0.05, 0) is 30.5 Å². The molecule has 1 aromatic heterocycles. The summed E-state index contributed by atoms with van der Waals surface area (Å²) in [6.07, 6.45) is 1.67. The molecule has 0 bridgehead atoms. The highest BCUT2D eigenvalue weighted by atomic mass is 32.2. The zero-order valence-electron chi connectivity index (χ0n) is 13.9. The number of methoxy groups -OCH3 is 1.